The maximum Gasteiger partial charge on any atom is 0.247 e. The van der Waals surface area contributed by atoms with Gasteiger partial charge in [0.25, 0.3) is 0 Å². The highest BCUT2D eigenvalue weighted by molar-refractivity contribution is 7.15. The zero-order valence-corrected chi connectivity index (χ0v) is 12.5. The largest absolute Gasteiger partial charge is 0.378 e. The molecule has 2 unspecified atom stereocenters. The Morgan fingerprint density at radius 3 is 2.74 bits per heavy atom. The molecule has 1 saturated carbocycles. The Hall–Kier alpha value is -1.05. The predicted octanol–water partition coefficient (Wildman–Crippen LogP) is 1.32. The van der Waals surface area contributed by atoms with Crippen molar-refractivity contribution >= 4 is 22.4 Å². The second-order valence-corrected chi connectivity index (χ2v) is 6.60. The number of nitrogens with two attached hydrogens (primary N) is 1. The van der Waals surface area contributed by atoms with Crippen molar-refractivity contribution in [3.05, 3.63) is 5.01 Å². The number of carbonyl (C=O) groups excluding carboxylic acids is 1. The number of anilines is 1. The summed E-state index contributed by atoms with van der Waals surface area (Å²) in [5, 5.41) is 11.8. The Bertz CT molecular complexity index is 488. The first-order chi connectivity index (χ1) is 8.81. The van der Waals surface area contributed by atoms with Crippen molar-refractivity contribution in [3.8, 4) is 0 Å². The Morgan fingerprint density at radius 2 is 2.26 bits per heavy atom. The first-order valence-electron chi connectivity index (χ1n) is 6.33. The first kappa shape index (κ1) is 14.4. The summed E-state index contributed by atoms with van der Waals surface area (Å²) in [6.45, 7) is 8.32. The molecule has 106 valence electrons. The lowest BCUT2D eigenvalue weighted by Gasteiger charge is -2.57. The summed E-state index contributed by atoms with van der Waals surface area (Å²) in [7, 11) is 0. The van der Waals surface area contributed by atoms with Gasteiger partial charge in [-0.25, -0.2) is 0 Å². The average molecular weight is 284 g/mol. The third kappa shape index (κ3) is 2.26. The number of nitrogens with one attached hydrogen (secondary N) is 1. The van der Waals surface area contributed by atoms with E-state index in [1.165, 1.54) is 11.3 Å². The second-order valence-electron chi connectivity index (χ2n) is 5.42. The summed E-state index contributed by atoms with van der Waals surface area (Å²) < 4.78 is 5.61. The maximum atomic E-state index is 12.3. The lowest BCUT2D eigenvalue weighted by atomic mass is 9.54. The van der Waals surface area contributed by atoms with Gasteiger partial charge in [-0.15, -0.1) is 10.2 Å². The van der Waals surface area contributed by atoms with E-state index in [0.29, 0.717) is 18.2 Å². The number of rotatable bonds is 4. The summed E-state index contributed by atoms with van der Waals surface area (Å²) >= 11 is 1.34. The number of carbonyl (C=O) groups is 1. The van der Waals surface area contributed by atoms with Crippen LogP contribution in [0.3, 0.4) is 0 Å². The van der Waals surface area contributed by atoms with Crippen molar-refractivity contribution < 1.29 is 9.53 Å². The van der Waals surface area contributed by atoms with Gasteiger partial charge < -0.3 is 10.5 Å². The molecule has 0 bridgehead atoms. The number of amides is 1. The van der Waals surface area contributed by atoms with E-state index in [9.17, 15) is 4.79 Å². The monoisotopic (exact) mass is 284 g/mol. The zero-order valence-electron chi connectivity index (χ0n) is 11.7. The van der Waals surface area contributed by atoms with E-state index in [4.69, 9.17) is 10.5 Å². The van der Waals surface area contributed by atoms with E-state index < -0.39 is 11.0 Å². The average Bonchev–Trinajstić information content (AvgIpc) is 2.74. The second kappa shape index (κ2) is 4.81. The van der Waals surface area contributed by atoms with Gasteiger partial charge >= 0.3 is 0 Å². The smallest absolute Gasteiger partial charge is 0.247 e. The van der Waals surface area contributed by atoms with Gasteiger partial charge in [-0.3, -0.25) is 10.1 Å². The van der Waals surface area contributed by atoms with Crippen LogP contribution < -0.4 is 11.1 Å². The first-order valence-corrected chi connectivity index (χ1v) is 7.15. The zero-order chi connectivity index (χ0) is 14.3. The Balaban J connectivity index is 2.07. The standard InChI is InChI=1S/C12H20N4O2S/c1-5-18-8-6-12(13,11(8,3)4)9(17)14-10-16-15-7(2)19-10/h8H,5-6,13H2,1-4H3,(H,14,16,17). The molecule has 0 aliphatic heterocycles. The van der Waals surface area contributed by atoms with E-state index in [2.05, 4.69) is 15.5 Å². The number of hydrogen-bond donors (Lipinski definition) is 2. The predicted molar refractivity (Wildman–Crippen MR) is 74.0 cm³/mol. The quantitative estimate of drug-likeness (QED) is 0.870. The van der Waals surface area contributed by atoms with Crippen molar-refractivity contribution in [2.45, 2.75) is 45.8 Å². The van der Waals surface area contributed by atoms with Gasteiger partial charge in [0.15, 0.2) is 0 Å². The van der Waals surface area contributed by atoms with Crippen molar-refractivity contribution in [2.75, 3.05) is 11.9 Å². The summed E-state index contributed by atoms with van der Waals surface area (Å²) in [5.74, 6) is -0.218. The molecule has 1 heterocycles. The van der Waals surface area contributed by atoms with E-state index in [1.54, 1.807) is 0 Å². The topological polar surface area (TPSA) is 90.1 Å². The Labute approximate surface area is 116 Å². The molecule has 7 heteroatoms. The number of aryl methyl sites for hydroxylation is 1. The van der Waals surface area contributed by atoms with Gasteiger partial charge in [0, 0.05) is 18.4 Å². The van der Waals surface area contributed by atoms with Crippen LogP contribution in [-0.2, 0) is 9.53 Å². The summed E-state index contributed by atoms with van der Waals surface area (Å²) in [5.41, 5.74) is 4.94. The number of nitrogens with zero attached hydrogens (tertiary/aromatic N) is 2. The minimum atomic E-state index is -0.924. The molecular weight excluding hydrogens is 264 g/mol. The molecule has 0 aromatic carbocycles. The van der Waals surface area contributed by atoms with E-state index >= 15 is 0 Å². The Morgan fingerprint density at radius 1 is 1.58 bits per heavy atom. The van der Waals surface area contributed by atoms with E-state index in [0.717, 1.165) is 5.01 Å². The van der Waals surface area contributed by atoms with Crippen LogP contribution in [0.5, 0.6) is 0 Å². The van der Waals surface area contributed by atoms with Crippen LogP contribution in [0.4, 0.5) is 5.13 Å². The van der Waals surface area contributed by atoms with Crippen LogP contribution in [0.1, 0.15) is 32.2 Å². The van der Waals surface area contributed by atoms with Crippen LogP contribution in [0, 0.1) is 12.3 Å². The summed E-state index contributed by atoms with van der Waals surface area (Å²) in [6.07, 6.45) is 0.543. The molecule has 0 spiro atoms. The van der Waals surface area contributed by atoms with Crippen molar-refractivity contribution in [2.24, 2.45) is 11.1 Å². The SMILES string of the molecule is CCOC1CC(N)(C(=O)Nc2nnc(C)s2)C1(C)C. The maximum absolute atomic E-state index is 12.3. The molecular formula is C12H20N4O2S. The molecule has 0 radical (unpaired) electrons. The molecule has 1 aliphatic carbocycles. The van der Waals surface area contributed by atoms with Gasteiger partial charge in [0.1, 0.15) is 10.5 Å². The fourth-order valence-corrected chi connectivity index (χ4v) is 2.96. The Kier molecular flexibility index (Phi) is 3.63. The normalized spacial score (nSPS) is 28.8. The molecule has 2 atom stereocenters. The highest BCUT2D eigenvalue weighted by Gasteiger charge is 2.63. The summed E-state index contributed by atoms with van der Waals surface area (Å²) in [4.78, 5) is 12.3. The van der Waals surface area contributed by atoms with Crippen LogP contribution in [0.25, 0.3) is 0 Å². The fraction of sp³-hybridized carbons (Fsp3) is 0.750. The molecule has 1 aromatic heterocycles. The molecule has 19 heavy (non-hydrogen) atoms. The third-order valence-electron chi connectivity index (χ3n) is 3.98. The van der Waals surface area contributed by atoms with Gasteiger partial charge in [0.05, 0.1) is 6.10 Å². The van der Waals surface area contributed by atoms with Gasteiger partial charge in [-0.1, -0.05) is 25.2 Å². The van der Waals surface area contributed by atoms with E-state index in [1.807, 2.05) is 27.7 Å². The lowest BCUT2D eigenvalue weighted by molar-refractivity contribution is -0.166. The summed E-state index contributed by atoms with van der Waals surface area (Å²) in [6, 6.07) is 0. The molecule has 3 N–H and O–H groups in total. The van der Waals surface area contributed by atoms with Gasteiger partial charge in [-0.2, -0.15) is 0 Å². The van der Waals surface area contributed by atoms with Gasteiger partial charge in [-0.05, 0) is 13.8 Å². The lowest BCUT2D eigenvalue weighted by Crippen LogP contribution is -2.74. The molecule has 1 aromatic rings. The van der Waals surface area contributed by atoms with Crippen LogP contribution in [0.2, 0.25) is 0 Å². The minimum Gasteiger partial charge on any atom is -0.378 e. The highest BCUT2D eigenvalue weighted by atomic mass is 32.1. The molecule has 6 nitrogen and oxygen atoms in total. The number of hydrogen-bond acceptors (Lipinski definition) is 6. The van der Waals surface area contributed by atoms with Crippen LogP contribution >= 0.6 is 11.3 Å². The van der Waals surface area contributed by atoms with Crippen molar-refractivity contribution in [3.63, 3.8) is 0 Å². The number of ether oxygens (including phenoxy) is 1. The molecule has 1 fully saturated rings. The fourth-order valence-electron chi connectivity index (χ4n) is 2.38. The molecule has 2 rings (SSSR count). The van der Waals surface area contributed by atoms with E-state index in [-0.39, 0.29) is 12.0 Å². The van der Waals surface area contributed by atoms with Crippen LogP contribution in [-0.4, -0.2) is 34.4 Å². The molecule has 0 saturated heterocycles. The molecule has 1 amide bonds. The number of aromatic nitrogens is 2. The molecule has 1 aliphatic rings. The highest BCUT2D eigenvalue weighted by Crippen LogP contribution is 2.50. The van der Waals surface area contributed by atoms with Gasteiger partial charge in [0.2, 0.25) is 11.0 Å². The minimum absolute atomic E-state index is 0.0180. The van der Waals surface area contributed by atoms with Crippen molar-refractivity contribution in [1.82, 2.24) is 10.2 Å². The van der Waals surface area contributed by atoms with Crippen LogP contribution in [0.15, 0.2) is 0 Å². The van der Waals surface area contributed by atoms with Crippen molar-refractivity contribution in [1.29, 1.82) is 0 Å². The third-order valence-corrected chi connectivity index (χ3v) is 4.74.